The number of rotatable bonds is 3. The molecule has 0 bridgehead atoms. The van der Waals surface area contributed by atoms with Crippen LogP contribution in [0.25, 0.3) is 11.1 Å². The Morgan fingerprint density at radius 1 is 1.29 bits per heavy atom. The van der Waals surface area contributed by atoms with Crippen molar-refractivity contribution in [3.63, 3.8) is 0 Å². The number of carbonyl (C=O) groups excluding carboxylic acids is 1. The lowest BCUT2D eigenvalue weighted by Gasteiger charge is -2.41. The Balaban J connectivity index is 1.60. The van der Waals surface area contributed by atoms with Gasteiger partial charge in [-0.25, -0.2) is 4.98 Å². The second-order valence-corrected chi connectivity index (χ2v) is 6.00. The minimum Gasteiger partial charge on any atom is -0.497 e. The van der Waals surface area contributed by atoms with Crippen molar-refractivity contribution in [1.82, 2.24) is 9.88 Å². The molecule has 0 N–H and O–H groups in total. The smallest absolute Gasteiger partial charge is 0.254 e. The summed E-state index contributed by atoms with van der Waals surface area (Å²) in [5, 5.41) is 0. The van der Waals surface area contributed by atoms with E-state index < -0.39 is 0 Å². The van der Waals surface area contributed by atoms with Crippen molar-refractivity contribution in [2.45, 2.75) is 19.4 Å². The van der Waals surface area contributed by atoms with Crippen LogP contribution in [0.1, 0.15) is 34.3 Å². The van der Waals surface area contributed by atoms with E-state index in [2.05, 4.69) is 4.98 Å². The Morgan fingerprint density at radius 2 is 2.17 bits per heavy atom. The molecule has 5 nitrogen and oxygen atoms in total. The standard InChI is InChI=1S/C19H18N2O3/c1-12-20-16-7-6-14(11-18(16)24-12)19(22)21-9-8-17(21)13-4-3-5-15(10-13)23-2/h3-7,10-11,17H,8-9H2,1-2H3. The fourth-order valence-corrected chi connectivity index (χ4v) is 3.16. The third-order valence-corrected chi connectivity index (χ3v) is 4.50. The fraction of sp³-hybridized carbons (Fsp3) is 0.263. The maximum atomic E-state index is 12.8. The van der Waals surface area contributed by atoms with Crippen LogP contribution in [-0.4, -0.2) is 29.4 Å². The fourth-order valence-electron chi connectivity index (χ4n) is 3.16. The first-order valence-corrected chi connectivity index (χ1v) is 7.98. The zero-order chi connectivity index (χ0) is 16.7. The summed E-state index contributed by atoms with van der Waals surface area (Å²) >= 11 is 0. The van der Waals surface area contributed by atoms with Gasteiger partial charge < -0.3 is 14.1 Å². The molecule has 1 saturated heterocycles. The molecule has 1 aliphatic heterocycles. The SMILES string of the molecule is COc1cccc(C2CCN2C(=O)c2ccc3nc(C)oc3c2)c1. The van der Waals surface area contributed by atoms with Gasteiger partial charge in [-0.3, -0.25) is 4.79 Å². The molecular weight excluding hydrogens is 304 g/mol. The van der Waals surface area contributed by atoms with E-state index in [9.17, 15) is 4.79 Å². The van der Waals surface area contributed by atoms with Gasteiger partial charge >= 0.3 is 0 Å². The number of likely N-dealkylation sites (tertiary alicyclic amines) is 1. The summed E-state index contributed by atoms with van der Waals surface area (Å²) in [5.41, 5.74) is 3.16. The molecular formula is C19H18N2O3. The molecule has 2 aromatic carbocycles. The maximum absolute atomic E-state index is 12.8. The summed E-state index contributed by atoms with van der Waals surface area (Å²) in [6.45, 7) is 2.56. The summed E-state index contributed by atoms with van der Waals surface area (Å²) < 4.78 is 10.8. The van der Waals surface area contributed by atoms with Gasteiger partial charge in [-0.15, -0.1) is 0 Å². The third kappa shape index (κ3) is 2.42. The molecule has 4 rings (SSSR count). The minimum atomic E-state index is 0.0185. The Morgan fingerprint density at radius 3 is 2.92 bits per heavy atom. The monoisotopic (exact) mass is 322 g/mol. The molecule has 24 heavy (non-hydrogen) atoms. The average molecular weight is 322 g/mol. The Labute approximate surface area is 139 Å². The number of amides is 1. The van der Waals surface area contributed by atoms with Crippen LogP contribution >= 0.6 is 0 Å². The first-order chi connectivity index (χ1) is 11.7. The van der Waals surface area contributed by atoms with E-state index in [0.717, 1.165) is 29.8 Å². The van der Waals surface area contributed by atoms with E-state index in [0.29, 0.717) is 17.0 Å². The zero-order valence-corrected chi connectivity index (χ0v) is 13.7. The quantitative estimate of drug-likeness (QED) is 0.737. The molecule has 0 saturated carbocycles. The molecule has 1 aromatic heterocycles. The Bertz CT molecular complexity index is 916. The Hall–Kier alpha value is -2.82. The van der Waals surface area contributed by atoms with Gasteiger partial charge in [0.25, 0.3) is 5.91 Å². The summed E-state index contributed by atoms with van der Waals surface area (Å²) in [7, 11) is 1.65. The van der Waals surface area contributed by atoms with Crippen LogP contribution in [0.2, 0.25) is 0 Å². The molecule has 1 fully saturated rings. The highest BCUT2D eigenvalue weighted by atomic mass is 16.5. The van der Waals surface area contributed by atoms with E-state index in [4.69, 9.17) is 9.15 Å². The molecule has 0 radical (unpaired) electrons. The van der Waals surface area contributed by atoms with Gasteiger partial charge in [-0.05, 0) is 42.3 Å². The third-order valence-electron chi connectivity index (χ3n) is 4.50. The van der Waals surface area contributed by atoms with Gasteiger partial charge in [0, 0.05) is 19.0 Å². The highest BCUT2D eigenvalue weighted by molar-refractivity contribution is 5.97. The predicted molar refractivity (Wildman–Crippen MR) is 90.1 cm³/mol. The van der Waals surface area contributed by atoms with E-state index >= 15 is 0 Å². The van der Waals surface area contributed by atoms with Gasteiger partial charge in [0.05, 0.1) is 13.2 Å². The minimum absolute atomic E-state index is 0.0185. The molecule has 0 spiro atoms. The van der Waals surface area contributed by atoms with Gasteiger partial charge in [0.2, 0.25) is 0 Å². The number of nitrogens with zero attached hydrogens (tertiary/aromatic N) is 2. The maximum Gasteiger partial charge on any atom is 0.254 e. The molecule has 1 aliphatic rings. The van der Waals surface area contributed by atoms with E-state index in [-0.39, 0.29) is 11.9 Å². The van der Waals surface area contributed by atoms with Crippen LogP contribution in [0, 0.1) is 6.92 Å². The number of hydrogen-bond acceptors (Lipinski definition) is 4. The first-order valence-electron chi connectivity index (χ1n) is 7.98. The number of methoxy groups -OCH3 is 1. The van der Waals surface area contributed by atoms with Crippen LogP contribution in [0.3, 0.4) is 0 Å². The molecule has 1 unspecified atom stereocenters. The number of carbonyl (C=O) groups is 1. The van der Waals surface area contributed by atoms with Crippen molar-refractivity contribution < 1.29 is 13.9 Å². The lowest BCUT2D eigenvalue weighted by Crippen LogP contribution is -2.45. The summed E-state index contributed by atoms with van der Waals surface area (Å²) in [5.74, 6) is 1.43. The van der Waals surface area contributed by atoms with Gasteiger partial charge in [0.15, 0.2) is 11.5 Å². The highest BCUT2D eigenvalue weighted by Crippen LogP contribution is 2.36. The van der Waals surface area contributed by atoms with Crippen molar-refractivity contribution in [1.29, 1.82) is 0 Å². The number of benzene rings is 2. The number of aromatic nitrogens is 1. The highest BCUT2D eigenvalue weighted by Gasteiger charge is 2.34. The molecule has 1 amide bonds. The molecule has 122 valence electrons. The van der Waals surface area contributed by atoms with Crippen LogP contribution < -0.4 is 4.74 Å². The van der Waals surface area contributed by atoms with Crippen LogP contribution in [0.5, 0.6) is 5.75 Å². The van der Waals surface area contributed by atoms with Crippen LogP contribution in [0.15, 0.2) is 46.9 Å². The molecule has 3 aromatic rings. The van der Waals surface area contributed by atoms with Gasteiger partial charge in [-0.1, -0.05) is 12.1 Å². The Kier molecular flexibility index (Phi) is 3.49. The average Bonchev–Trinajstić information content (AvgIpc) is 2.93. The second kappa shape index (κ2) is 5.67. The largest absolute Gasteiger partial charge is 0.497 e. The van der Waals surface area contributed by atoms with E-state index in [1.165, 1.54) is 0 Å². The normalized spacial score (nSPS) is 16.9. The number of oxazole rings is 1. The van der Waals surface area contributed by atoms with Crippen molar-refractivity contribution in [3.05, 3.63) is 59.5 Å². The number of aryl methyl sites for hydroxylation is 1. The summed E-state index contributed by atoms with van der Waals surface area (Å²) in [6, 6.07) is 13.4. The zero-order valence-electron chi connectivity index (χ0n) is 13.7. The van der Waals surface area contributed by atoms with E-state index in [1.54, 1.807) is 20.1 Å². The lowest BCUT2D eigenvalue weighted by molar-refractivity contribution is 0.0460. The van der Waals surface area contributed by atoms with Gasteiger partial charge in [-0.2, -0.15) is 0 Å². The number of ether oxygens (including phenoxy) is 1. The number of hydrogen-bond donors (Lipinski definition) is 0. The molecule has 1 atom stereocenters. The van der Waals surface area contributed by atoms with Crippen molar-refractivity contribution >= 4 is 17.0 Å². The molecule has 0 aliphatic carbocycles. The van der Waals surface area contributed by atoms with Crippen molar-refractivity contribution in [3.8, 4) is 5.75 Å². The lowest BCUT2D eigenvalue weighted by atomic mass is 9.93. The predicted octanol–water partition coefficient (Wildman–Crippen LogP) is 3.73. The first kappa shape index (κ1) is 14.8. The summed E-state index contributed by atoms with van der Waals surface area (Å²) in [4.78, 5) is 19.0. The van der Waals surface area contributed by atoms with Crippen molar-refractivity contribution in [2.24, 2.45) is 0 Å². The molecule has 5 heteroatoms. The topological polar surface area (TPSA) is 55.6 Å². The number of fused-ring (bicyclic) bond motifs is 1. The van der Waals surface area contributed by atoms with Crippen LogP contribution in [0.4, 0.5) is 0 Å². The molecule has 2 heterocycles. The summed E-state index contributed by atoms with van der Waals surface area (Å²) in [6.07, 6.45) is 0.961. The van der Waals surface area contributed by atoms with Crippen molar-refractivity contribution in [2.75, 3.05) is 13.7 Å². The van der Waals surface area contributed by atoms with Gasteiger partial charge in [0.1, 0.15) is 11.3 Å². The van der Waals surface area contributed by atoms with E-state index in [1.807, 2.05) is 41.3 Å². The van der Waals surface area contributed by atoms with Crippen LogP contribution in [-0.2, 0) is 0 Å². The second-order valence-electron chi connectivity index (χ2n) is 6.00.